The summed E-state index contributed by atoms with van der Waals surface area (Å²) in [7, 11) is 0. The molecule has 0 saturated carbocycles. The summed E-state index contributed by atoms with van der Waals surface area (Å²) in [5.74, 6) is 0.0166. The van der Waals surface area contributed by atoms with Crippen LogP contribution in [0.3, 0.4) is 0 Å². The lowest BCUT2D eigenvalue weighted by Crippen LogP contribution is -2.45. The molecule has 0 heterocycles. The molecule has 4 nitrogen and oxygen atoms in total. The molecule has 0 saturated heterocycles. The number of aliphatic hydroxyl groups is 1. The Kier molecular flexibility index (Phi) is 5.89. The van der Waals surface area contributed by atoms with E-state index in [-0.39, 0.29) is 25.1 Å². The van der Waals surface area contributed by atoms with Gasteiger partial charge in [-0.05, 0) is 12.0 Å². The van der Waals surface area contributed by atoms with E-state index in [9.17, 15) is 13.6 Å². The normalized spacial score (nSPS) is 20.4. The Morgan fingerprint density at radius 1 is 1.32 bits per heavy atom. The number of amides is 2. The smallest absolute Gasteiger partial charge is 0.318 e. The molecule has 1 aliphatic carbocycles. The van der Waals surface area contributed by atoms with Crippen molar-refractivity contribution >= 4 is 6.03 Å². The Balaban J connectivity index is 1.96. The van der Waals surface area contributed by atoms with Gasteiger partial charge >= 0.3 is 6.03 Å². The van der Waals surface area contributed by atoms with Gasteiger partial charge in [-0.15, -0.1) is 0 Å². The molecule has 2 amide bonds. The summed E-state index contributed by atoms with van der Waals surface area (Å²) < 4.78 is 25.4. The molecule has 0 bridgehead atoms. The Morgan fingerprint density at radius 2 is 2.05 bits per heavy atom. The first kappa shape index (κ1) is 16.4. The third-order valence-electron chi connectivity index (χ3n) is 3.58. The molecule has 1 aliphatic rings. The van der Waals surface area contributed by atoms with Crippen molar-refractivity contribution in [2.75, 3.05) is 13.2 Å². The second-order valence-corrected chi connectivity index (χ2v) is 5.38. The average Bonchev–Trinajstić information content (AvgIpc) is 2.95. The highest BCUT2D eigenvalue weighted by Crippen LogP contribution is 2.17. The van der Waals surface area contributed by atoms with Gasteiger partial charge in [-0.1, -0.05) is 42.5 Å². The van der Waals surface area contributed by atoms with E-state index in [1.807, 2.05) is 12.1 Å². The molecule has 2 atom stereocenters. The summed E-state index contributed by atoms with van der Waals surface area (Å²) >= 11 is 0. The Labute approximate surface area is 128 Å². The zero-order valence-corrected chi connectivity index (χ0v) is 12.2. The quantitative estimate of drug-likeness (QED) is 0.793. The van der Waals surface area contributed by atoms with Gasteiger partial charge in [0.05, 0.1) is 6.54 Å². The first-order valence-corrected chi connectivity index (χ1v) is 7.25. The van der Waals surface area contributed by atoms with Crippen LogP contribution >= 0.6 is 0 Å². The summed E-state index contributed by atoms with van der Waals surface area (Å²) in [6.07, 6.45) is 1.64. The molecule has 22 heavy (non-hydrogen) atoms. The van der Waals surface area contributed by atoms with E-state index in [4.69, 9.17) is 5.11 Å². The maximum Gasteiger partial charge on any atom is 0.318 e. The lowest BCUT2D eigenvalue weighted by molar-refractivity contribution is 0.0950. The van der Waals surface area contributed by atoms with Crippen LogP contribution < -0.4 is 5.32 Å². The minimum Gasteiger partial charge on any atom is -0.396 e. The van der Waals surface area contributed by atoms with E-state index in [0.29, 0.717) is 6.42 Å². The summed E-state index contributed by atoms with van der Waals surface area (Å²) in [6.45, 7) is -0.453. The molecule has 0 fully saturated rings. The lowest BCUT2D eigenvalue weighted by atomic mass is 10.1. The molecule has 0 aromatic heterocycles. The number of rotatable bonds is 6. The van der Waals surface area contributed by atoms with Gasteiger partial charge < -0.3 is 15.3 Å². The van der Waals surface area contributed by atoms with Crippen molar-refractivity contribution in [3.8, 4) is 0 Å². The van der Waals surface area contributed by atoms with Crippen molar-refractivity contribution < 1.29 is 18.7 Å². The Morgan fingerprint density at radius 3 is 2.64 bits per heavy atom. The second kappa shape index (κ2) is 7.89. The van der Waals surface area contributed by atoms with Gasteiger partial charge in [-0.25, -0.2) is 13.6 Å². The van der Waals surface area contributed by atoms with Gasteiger partial charge in [0.2, 0.25) is 0 Å². The van der Waals surface area contributed by atoms with Crippen LogP contribution in [-0.4, -0.2) is 41.7 Å². The van der Waals surface area contributed by atoms with Crippen LogP contribution in [0.1, 0.15) is 12.0 Å². The van der Waals surface area contributed by atoms with E-state index in [2.05, 4.69) is 5.32 Å². The number of urea groups is 1. The molecule has 0 aliphatic heterocycles. The van der Waals surface area contributed by atoms with E-state index in [1.54, 1.807) is 30.3 Å². The summed E-state index contributed by atoms with van der Waals surface area (Å²) in [5, 5.41) is 11.8. The minimum atomic E-state index is -2.58. The SMILES string of the molecule is O=C(N[C@@H]1C=C[C@H](CO)C1)N(Cc1ccccc1)CC(F)F. The molecule has 1 aromatic carbocycles. The maximum absolute atomic E-state index is 12.7. The first-order valence-electron chi connectivity index (χ1n) is 7.25. The number of benzene rings is 1. The highest BCUT2D eigenvalue weighted by molar-refractivity contribution is 5.75. The molecule has 0 spiro atoms. The monoisotopic (exact) mass is 310 g/mol. The van der Waals surface area contributed by atoms with Crippen molar-refractivity contribution in [2.24, 2.45) is 5.92 Å². The molecule has 1 aromatic rings. The van der Waals surface area contributed by atoms with Gasteiger partial charge in [0.25, 0.3) is 6.43 Å². The summed E-state index contributed by atoms with van der Waals surface area (Å²) in [6, 6.07) is 8.29. The predicted molar refractivity (Wildman–Crippen MR) is 79.5 cm³/mol. The summed E-state index contributed by atoms with van der Waals surface area (Å²) in [4.78, 5) is 13.3. The van der Waals surface area contributed by atoms with Crippen molar-refractivity contribution in [3.63, 3.8) is 0 Å². The van der Waals surface area contributed by atoms with Crippen molar-refractivity contribution in [1.29, 1.82) is 0 Å². The van der Waals surface area contributed by atoms with Crippen LogP contribution in [0.2, 0.25) is 0 Å². The minimum absolute atomic E-state index is 0.0166. The lowest BCUT2D eigenvalue weighted by Gasteiger charge is -2.25. The van der Waals surface area contributed by atoms with Gasteiger partial charge in [-0.3, -0.25) is 0 Å². The van der Waals surface area contributed by atoms with Crippen LogP contribution in [0.25, 0.3) is 0 Å². The largest absolute Gasteiger partial charge is 0.396 e. The van der Waals surface area contributed by atoms with E-state index >= 15 is 0 Å². The van der Waals surface area contributed by atoms with Gasteiger partial charge in [-0.2, -0.15) is 0 Å². The number of alkyl halides is 2. The third-order valence-corrected chi connectivity index (χ3v) is 3.58. The number of carbonyl (C=O) groups is 1. The molecule has 6 heteroatoms. The van der Waals surface area contributed by atoms with Crippen LogP contribution in [-0.2, 0) is 6.54 Å². The fourth-order valence-electron chi connectivity index (χ4n) is 2.46. The fraction of sp³-hybridized carbons (Fsp3) is 0.438. The zero-order chi connectivity index (χ0) is 15.9. The van der Waals surface area contributed by atoms with Gasteiger partial charge in [0.15, 0.2) is 0 Å². The number of carbonyl (C=O) groups excluding carboxylic acids is 1. The van der Waals surface area contributed by atoms with E-state index < -0.39 is 19.0 Å². The Bertz CT molecular complexity index is 508. The van der Waals surface area contributed by atoms with Gasteiger partial charge in [0, 0.05) is 25.1 Å². The molecule has 2 N–H and O–H groups in total. The van der Waals surface area contributed by atoms with Crippen molar-refractivity contribution in [3.05, 3.63) is 48.0 Å². The number of halogens is 2. The van der Waals surface area contributed by atoms with Crippen molar-refractivity contribution in [1.82, 2.24) is 10.2 Å². The molecule has 120 valence electrons. The second-order valence-electron chi connectivity index (χ2n) is 5.38. The highest BCUT2D eigenvalue weighted by atomic mass is 19.3. The van der Waals surface area contributed by atoms with Crippen LogP contribution in [0.5, 0.6) is 0 Å². The fourth-order valence-corrected chi connectivity index (χ4v) is 2.46. The average molecular weight is 310 g/mol. The molecule has 2 rings (SSSR count). The van der Waals surface area contributed by atoms with E-state index in [0.717, 1.165) is 10.5 Å². The van der Waals surface area contributed by atoms with Crippen molar-refractivity contribution in [2.45, 2.75) is 25.4 Å². The highest BCUT2D eigenvalue weighted by Gasteiger charge is 2.24. The Hall–Kier alpha value is -1.95. The molecular weight excluding hydrogens is 290 g/mol. The number of hydrogen-bond donors (Lipinski definition) is 2. The molecular formula is C16H20F2N2O2. The van der Waals surface area contributed by atoms with Crippen LogP contribution in [0.4, 0.5) is 13.6 Å². The first-order chi connectivity index (χ1) is 10.6. The molecule has 0 radical (unpaired) electrons. The van der Waals surface area contributed by atoms with Gasteiger partial charge in [0.1, 0.15) is 0 Å². The molecule has 0 unspecified atom stereocenters. The van der Waals surface area contributed by atoms with Crippen LogP contribution in [0, 0.1) is 5.92 Å². The number of nitrogens with one attached hydrogen (secondary N) is 1. The van der Waals surface area contributed by atoms with E-state index in [1.165, 1.54) is 0 Å². The third kappa shape index (κ3) is 4.80. The number of aliphatic hydroxyl groups excluding tert-OH is 1. The maximum atomic E-state index is 12.7. The topological polar surface area (TPSA) is 52.6 Å². The standard InChI is InChI=1S/C16H20F2N2O2/c17-15(18)10-20(9-12-4-2-1-3-5-12)16(22)19-14-7-6-13(8-14)11-21/h1-7,13-15,21H,8-11H2,(H,19,22)/t13-,14+/m0/s1. The van der Waals surface area contributed by atoms with Crippen LogP contribution in [0.15, 0.2) is 42.5 Å². The number of nitrogens with zero attached hydrogens (tertiary/aromatic N) is 1. The summed E-state index contributed by atoms with van der Waals surface area (Å²) in [5.41, 5.74) is 0.800. The zero-order valence-electron chi connectivity index (χ0n) is 12.2. The number of hydrogen-bond acceptors (Lipinski definition) is 2. The predicted octanol–water partition coefficient (Wildman–Crippen LogP) is 2.40.